The van der Waals surface area contributed by atoms with E-state index in [4.69, 9.17) is 0 Å². The third-order valence-electron chi connectivity index (χ3n) is 5.52. The maximum Gasteiger partial charge on any atom is 0.0233 e. The largest absolute Gasteiger partial charge is 0.299 e. The van der Waals surface area contributed by atoms with Crippen molar-refractivity contribution in [1.29, 1.82) is 0 Å². The van der Waals surface area contributed by atoms with E-state index in [-0.39, 0.29) is 12.4 Å². The van der Waals surface area contributed by atoms with Gasteiger partial charge in [-0.15, -0.1) is 12.4 Å². The van der Waals surface area contributed by atoms with Crippen LogP contribution in [0.4, 0.5) is 0 Å². The number of rotatable bonds is 2. The predicted octanol–water partition coefficient (Wildman–Crippen LogP) is 4.59. The van der Waals surface area contributed by atoms with E-state index in [0.717, 1.165) is 6.54 Å². The highest BCUT2D eigenvalue weighted by molar-refractivity contribution is 5.85. The molecule has 2 aliphatic rings. The Labute approximate surface area is 139 Å². The van der Waals surface area contributed by atoms with Gasteiger partial charge in [-0.2, -0.15) is 0 Å². The molecule has 2 aromatic carbocycles. The van der Waals surface area contributed by atoms with E-state index in [1.54, 1.807) is 11.1 Å². The number of hydrogen-bond donors (Lipinski definition) is 0. The number of hydrogen-bond acceptors (Lipinski definition) is 1. The van der Waals surface area contributed by atoms with Crippen LogP contribution in [0.2, 0.25) is 0 Å². The standard InChI is InChI=1S/C20H23N.ClH/c1-2-6-17(7-3-1)16-21-14-12-20(13-15-21)11-10-18-8-4-5-9-19(18)20;/h1-9H,10-16H2;1H. The van der Waals surface area contributed by atoms with Crippen molar-refractivity contribution >= 4 is 12.4 Å². The average molecular weight is 314 g/mol. The van der Waals surface area contributed by atoms with E-state index in [9.17, 15) is 0 Å². The number of benzene rings is 2. The zero-order valence-electron chi connectivity index (χ0n) is 13.0. The van der Waals surface area contributed by atoms with Crippen molar-refractivity contribution in [3.8, 4) is 0 Å². The molecule has 0 saturated carbocycles. The van der Waals surface area contributed by atoms with E-state index < -0.39 is 0 Å². The molecule has 1 saturated heterocycles. The van der Waals surface area contributed by atoms with Crippen LogP contribution in [0.25, 0.3) is 0 Å². The minimum Gasteiger partial charge on any atom is -0.299 e. The summed E-state index contributed by atoms with van der Waals surface area (Å²) in [7, 11) is 0. The zero-order valence-corrected chi connectivity index (χ0v) is 13.8. The topological polar surface area (TPSA) is 3.24 Å². The van der Waals surface area contributed by atoms with Gasteiger partial charge in [0, 0.05) is 6.54 Å². The molecule has 1 spiro atoms. The Hall–Kier alpha value is -1.31. The summed E-state index contributed by atoms with van der Waals surface area (Å²) in [6, 6.07) is 20.0. The van der Waals surface area contributed by atoms with Gasteiger partial charge in [-0.05, 0) is 60.9 Å². The number of likely N-dealkylation sites (tertiary alicyclic amines) is 1. The summed E-state index contributed by atoms with van der Waals surface area (Å²) >= 11 is 0. The number of halogens is 1. The fraction of sp³-hybridized carbons (Fsp3) is 0.400. The second-order valence-electron chi connectivity index (χ2n) is 6.70. The van der Waals surface area contributed by atoms with E-state index >= 15 is 0 Å². The third kappa shape index (κ3) is 2.80. The van der Waals surface area contributed by atoms with Gasteiger partial charge in [-0.1, -0.05) is 54.6 Å². The van der Waals surface area contributed by atoms with Gasteiger partial charge in [0.05, 0.1) is 0 Å². The third-order valence-corrected chi connectivity index (χ3v) is 5.52. The Morgan fingerprint density at radius 3 is 2.27 bits per heavy atom. The van der Waals surface area contributed by atoms with E-state index in [2.05, 4.69) is 59.5 Å². The minimum absolute atomic E-state index is 0. The van der Waals surface area contributed by atoms with Crippen molar-refractivity contribution in [1.82, 2.24) is 4.90 Å². The lowest BCUT2D eigenvalue weighted by Crippen LogP contribution is -2.41. The molecule has 0 amide bonds. The molecule has 1 fully saturated rings. The molecule has 4 rings (SSSR count). The van der Waals surface area contributed by atoms with Crippen LogP contribution in [0.1, 0.15) is 36.0 Å². The van der Waals surface area contributed by atoms with Crippen molar-refractivity contribution in [2.45, 2.75) is 37.6 Å². The molecule has 0 atom stereocenters. The molecule has 2 aromatic rings. The molecule has 0 N–H and O–H groups in total. The van der Waals surface area contributed by atoms with Gasteiger partial charge in [0.1, 0.15) is 0 Å². The fourth-order valence-electron chi connectivity index (χ4n) is 4.26. The summed E-state index contributed by atoms with van der Waals surface area (Å²) in [5.41, 5.74) is 5.20. The number of aryl methyl sites for hydroxylation is 1. The molecule has 1 heterocycles. The molecule has 1 aliphatic heterocycles. The van der Waals surface area contributed by atoms with Crippen LogP contribution in [-0.2, 0) is 18.4 Å². The highest BCUT2D eigenvalue weighted by Gasteiger charge is 2.40. The molecule has 116 valence electrons. The first-order chi connectivity index (χ1) is 10.4. The van der Waals surface area contributed by atoms with Crippen LogP contribution < -0.4 is 0 Å². The van der Waals surface area contributed by atoms with Crippen molar-refractivity contribution in [2.75, 3.05) is 13.1 Å². The maximum atomic E-state index is 2.63. The Kier molecular flexibility index (Phi) is 4.56. The second kappa shape index (κ2) is 6.44. The van der Waals surface area contributed by atoms with E-state index in [1.807, 2.05) is 0 Å². The monoisotopic (exact) mass is 313 g/mol. The first-order valence-corrected chi connectivity index (χ1v) is 8.20. The van der Waals surface area contributed by atoms with Gasteiger partial charge in [0.25, 0.3) is 0 Å². The van der Waals surface area contributed by atoms with Gasteiger partial charge in [0.2, 0.25) is 0 Å². The molecule has 2 heteroatoms. The molecule has 0 bridgehead atoms. The average Bonchev–Trinajstić information content (AvgIpc) is 2.90. The van der Waals surface area contributed by atoms with Crippen molar-refractivity contribution in [3.05, 3.63) is 71.3 Å². The number of fused-ring (bicyclic) bond motifs is 2. The summed E-state index contributed by atoms with van der Waals surface area (Å²) in [6.45, 7) is 3.59. The lowest BCUT2D eigenvalue weighted by molar-refractivity contribution is 0.152. The molecule has 0 aromatic heterocycles. The Bertz CT molecular complexity index is 615. The molecule has 0 radical (unpaired) electrons. The Morgan fingerprint density at radius 1 is 0.818 bits per heavy atom. The smallest absolute Gasteiger partial charge is 0.0233 e. The first-order valence-electron chi connectivity index (χ1n) is 8.20. The van der Waals surface area contributed by atoms with Crippen LogP contribution in [0, 0.1) is 0 Å². The summed E-state index contributed by atoms with van der Waals surface area (Å²) in [5.74, 6) is 0. The van der Waals surface area contributed by atoms with E-state index in [1.165, 1.54) is 44.3 Å². The van der Waals surface area contributed by atoms with Crippen molar-refractivity contribution < 1.29 is 0 Å². The maximum absolute atomic E-state index is 2.63. The molecule has 1 nitrogen and oxygen atoms in total. The summed E-state index contributed by atoms with van der Waals surface area (Å²) in [4.78, 5) is 2.63. The van der Waals surface area contributed by atoms with Crippen molar-refractivity contribution in [3.63, 3.8) is 0 Å². The van der Waals surface area contributed by atoms with Crippen molar-refractivity contribution in [2.24, 2.45) is 0 Å². The first kappa shape index (κ1) is 15.6. The second-order valence-corrected chi connectivity index (χ2v) is 6.70. The minimum atomic E-state index is 0. The van der Waals surface area contributed by atoms with Crippen LogP contribution in [0.3, 0.4) is 0 Å². The van der Waals surface area contributed by atoms with Crippen LogP contribution >= 0.6 is 12.4 Å². The van der Waals surface area contributed by atoms with Gasteiger partial charge < -0.3 is 0 Å². The Balaban J connectivity index is 0.00000144. The lowest BCUT2D eigenvalue weighted by atomic mass is 9.74. The summed E-state index contributed by atoms with van der Waals surface area (Å²) in [5, 5.41) is 0. The Morgan fingerprint density at radius 2 is 1.50 bits per heavy atom. The quantitative estimate of drug-likeness (QED) is 0.784. The summed E-state index contributed by atoms with van der Waals surface area (Å²) in [6.07, 6.45) is 5.31. The molecule has 0 unspecified atom stereocenters. The predicted molar refractivity (Wildman–Crippen MR) is 94.6 cm³/mol. The normalized spacial score (nSPS) is 19.6. The molecular formula is C20H24ClN. The SMILES string of the molecule is Cl.c1ccc(CN2CCC3(CCc4ccccc43)CC2)cc1. The van der Waals surface area contributed by atoms with Gasteiger partial charge in [-0.3, -0.25) is 4.90 Å². The molecule has 22 heavy (non-hydrogen) atoms. The van der Waals surface area contributed by atoms with Gasteiger partial charge >= 0.3 is 0 Å². The zero-order chi connectivity index (χ0) is 14.1. The van der Waals surface area contributed by atoms with Crippen LogP contribution in [0.15, 0.2) is 54.6 Å². The van der Waals surface area contributed by atoms with Crippen LogP contribution in [0.5, 0.6) is 0 Å². The molecule has 1 aliphatic carbocycles. The highest BCUT2D eigenvalue weighted by atomic mass is 35.5. The molecular weight excluding hydrogens is 290 g/mol. The van der Waals surface area contributed by atoms with Gasteiger partial charge in [0.15, 0.2) is 0 Å². The van der Waals surface area contributed by atoms with Crippen LogP contribution in [-0.4, -0.2) is 18.0 Å². The fourth-order valence-corrected chi connectivity index (χ4v) is 4.26. The van der Waals surface area contributed by atoms with E-state index in [0.29, 0.717) is 5.41 Å². The lowest BCUT2D eigenvalue weighted by Gasteiger charge is -2.40. The summed E-state index contributed by atoms with van der Waals surface area (Å²) < 4.78 is 0. The van der Waals surface area contributed by atoms with Gasteiger partial charge in [-0.25, -0.2) is 0 Å². The number of nitrogens with zero attached hydrogens (tertiary/aromatic N) is 1. The number of piperidine rings is 1. The highest BCUT2D eigenvalue weighted by Crippen LogP contribution is 2.46.